The van der Waals surface area contributed by atoms with Gasteiger partial charge in [-0.25, -0.2) is 8.42 Å². The molecule has 0 aliphatic carbocycles. The molecule has 0 radical (unpaired) electrons. The first-order valence-corrected chi connectivity index (χ1v) is 11.0. The smallest absolute Gasteiger partial charge is 0.246 e. The Balaban J connectivity index is 2.29. The van der Waals surface area contributed by atoms with Crippen LogP contribution in [0.1, 0.15) is 18.9 Å². The Bertz CT molecular complexity index is 916. The van der Waals surface area contributed by atoms with Crippen molar-refractivity contribution in [2.75, 3.05) is 24.7 Å². The van der Waals surface area contributed by atoms with Crippen LogP contribution in [0, 0.1) is 0 Å². The molecule has 0 fully saturated rings. The molecule has 0 heterocycles. The van der Waals surface area contributed by atoms with Crippen LogP contribution >= 0.6 is 11.6 Å². The van der Waals surface area contributed by atoms with Gasteiger partial charge >= 0.3 is 0 Å². The van der Waals surface area contributed by atoms with Crippen LogP contribution in [0.4, 0.5) is 5.69 Å². The highest BCUT2D eigenvalue weighted by atomic mass is 35.5. The number of benzene rings is 2. The summed E-state index contributed by atoms with van der Waals surface area (Å²) in [4.78, 5) is 14.6. The number of halogens is 1. The van der Waals surface area contributed by atoms with Gasteiger partial charge in [-0.1, -0.05) is 36.7 Å². The van der Waals surface area contributed by atoms with Crippen LogP contribution in [-0.2, 0) is 21.4 Å². The molecular formula is C20H25ClN2O4S. The molecule has 0 aliphatic rings. The molecule has 2 aromatic rings. The molecule has 28 heavy (non-hydrogen) atoms. The van der Waals surface area contributed by atoms with Crippen LogP contribution in [0.15, 0.2) is 48.5 Å². The zero-order valence-electron chi connectivity index (χ0n) is 16.4. The van der Waals surface area contributed by atoms with Gasteiger partial charge in [0.2, 0.25) is 15.9 Å². The number of carbonyl (C=O) groups excluding carboxylic acids is 1. The third kappa shape index (κ3) is 5.39. The number of methoxy groups -OCH3 is 1. The number of ether oxygens (including phenoxy) is 1. The van der Waals surface area contributed by atoms with Crippen LogP contribution in [0.3, 0.4) is 0 Å². The standard InChI is InChI=1S/C20H25ClN2O4S/c1-5-19(23(28(4,25)26)17-8-6-7-16(21)13-17)20(24)22(2)14-15-9-11-18(27-3)12-10-15/h6-13,19H,5,14H2,1-4H3. The lowest BCUT2D eigenvalue weighted by Crippen LogP contribution is -2.49. The molecule has 1 atom stereocenters. The van der Waals surface area contributed by atoms with E-state index in [1.54, 1.807) is 45.3 Å². The van der Waals surface area contributed by atoms with E-state index in [0.717, 1.165) is 21.9 Å². The average Bonchev–Trinajstić information content (AvgIpc) is 2.65. The Hall–Kier alpha value is -2.25. The van der Waals surface area contributed by atoms with Gasteiger partial charge in [0, 0.05) is 18.6 Å². The van der Waals surface area contributed by atoms with Gasteiger partial charge in [-0.3, -0.25) is 9.10 Å². The molecule has 0 aromatic heterocycles. The van der Waals surface area contributed by atoms with E-state index in [2.05, 4.69) is 0 Å². The SMILES string of the molecule is CCC(C(=O)N(C)Cc1ccc(OC)cc1)N(c1cccc(Cl)c1)S(C)(=O)=O. The quantitative estimate of drug-likeness (QED) is 0.649. The molecule has 0 N–H and O–H groups in total. The van der Waals surface area contributed by atoms with Crippen LogP contribution in [-0.4, -0.2) is 45.7 Å². The molecule has 0 saturated heterocycles. The Labute approximate surface area is 171 Å². The second-order valence-corrected chi connectivity index (χ2v) is 8.80. The third-order valence-electron chi connectivity index (χ3n) is 4.33. The summed E-state index contributed by atoms with van der Waals surface area (Å²) in [6.45, 7) is 2.14. The highest BCUT2D eigenvalue weighted by Gasteiger charge is 2.33. The van der Waals surface area contributed by atoms with Crippen molar-refractivity contribution in [3.05, 3.63) is 59.1 Å². The summed E-state index contributed by atoms with van der Waals surface area (Å²) in [7, 11) is -0.446. The largest absolute Gasteiger partial charge is 0.497 e. The molecule has 0 bridgehead atoms. The van der Waals surface area contributed by atoms with Crippen molar-refractivity contribution in [1.82, 2.24) is 4.90 Å². The Morgan fingerprint density at radius 2 is 1.82 bits per heavy atom. The lowest BCUT2D eigenvalue weighted by atomic mass is 10.1. The van der Waals surface area contributed by atoms with Crippen molar-refractivity contribution in [1.29, 1.82) is 0 Å². The Morgan fingerprint density at radius 1 is 1.18 bits per heavy atom. The maximum atomic E-state index is 13.1. The first kappa shape index (κ1) is 22.0. The molecule has 0 aliphatic heterocycles. The number of sulfonamides is 1. The summed E-state index contributed by atoms with van der Waals surface area (Å²) in [5.74, 6) is 0.442. The van der Waals surface area contributed by atoms with Gasteiger partial charge in [-0.2, -0.15) is 0 Å². The molecule has 2 aromatic carbocycles. The number of rotatable bonds is 8. The summed E-state index contributed by atoms with van der Waals surface area (Å²) in [5, 5.41) is 0.403. The molecule has 1 amide bonds. The minimum absolute atomic E-state index is 0.288. The normalized spacial score (nSPS) is 12.3. The van der Waals surface area contributed by atoms with E-state index in [-0.39, 0.29) is 5.91 Å². The number of likely N-dealkylation sites (N-methyl/N-ethyl adjacent to an activating group) is 1. The van der Waals surface area contributed by atoms with Crippen molar-refractivity contribution in [3.8, 4) is 5.75 Å². The van der Waals surface area contributed by atoms with Crippen molar-refractivity contribution < 1.29 is 17.9 Å². The molecule has 0 saturated carbocycles. The zero-order valence-corrected chi connectivity index (χ0v) is 18.0. The number of nitrogens with zero attached hydrogens (tertiary/aromatic N) is 2. The average molecular weight is 425 g/mol. The number of hydrogen-bond acceptors (Lipinski definition) is 4. The molecular weight excluding hydrogens is 400 g/mol. The van der Waals surface area contributed by atoms with Crippen LogP contribution in [0.25, 0.3) is 0 Å². The maximum Gasteiger partial charge on any atom is 0.246 e. The minimum Gasteiger partial charge on any atom is -0.497 e. The Morgan fingerprint density at radius 3 is 2.32 bits per heavy atom. The summed E-state index contributed by atoms with van der Waals surface area (Å²) in [6, 6.07) is 13.0. The van der Waals surface area contributed by atoms with Gasteiger partial charge in [-0.15, -0.1) is 0 Å². The van der Waals surface area contributed by atoms with E-state index in [1.807, 2.05) is 24.3 Å². The van der Waals surface area contributed by atoms with Crippen molar-refractivity contribution in [2.24, 2.45) is 0 Å². The van der Waals surface area contributed by atoms with E-state index in [0.29, 0.717) is 23.7 Å². The van der Waals surface area contributed by atoms with Gasteiger partial charge in [0.05, 0.1) is 19.1 Å². The lowest BCUT2D eigenvalue weighted by molar-refractivity contribution is -0.131. The van der Waals surface area contributed by atoms with Crippen molar-refractivity contribution in [3.63, 3.8) is 0 Å². The summed E-state index contributed by atoms with van der Waals surface area (Å²) >= 11 is 6.03. The predicted octanol–water partition coefficient (Wildman–Crippen LogP) is 3.55. The maximum absolute atomic E-state index is 13.1. The molecule has 152 valence electrons. The molecule has 6 nitrogen and oxygen atoms in total. The number of hydrogen-bond donors (Lipinski definition) is 0. The third-order valence-corrected chi connectivity index (χ3v) is 5.74. The summed E-state index contributed by atoms with van der Waals surface area (Å²) in [6.07, 6.45) is 1.42. The molecule has 8 heteroatoms. The lowest BCUT2D eigenvalue weighted by Gasteiger charge is -2.33. The van der Waals surface area contributed by atoms with E-state index >= 15 is 0 Å². The van der Waals surface area contributed by atoms with Crippen LogP contribution in [0.2, 0.25) is 5.02 Å². The molecule has 1 unspecified atom stereocenters. The fraction of sp³-hybridized carbons (Fsp3) is 0.350. The highest BCUT2D eigenvalue weighted by molar-refractivity contribution is 7.92. The number of carbonyl (C=O) groups is 1. The number of amides is 1. The summed E-state index contributed by atoms with van der Waals surface area (Å²) in [5.41, 5.74) is 1.29. The molecule has 2 rings (SSSR count). The van der Waals surface area contributed by atoms with E-state index in [4.69, 9.17) is 16.3 Å². The van der Waals surface area contributed by atoms with Crippen molar-refractivity contribution >= 4 is 33.2 Å². The van der Waals surface area contributed by atoms with E-state index in [1.165, 1.54) is 4.90 Å². The van der Waals surface area contributed by atoms with Crippen LogP contribution in [0.5, 0.6) is 5.75 Å². The fourth-order valence-corrected chi connectivity index (χ4v) is 4.38. The van der Waals surface area contributed by atoms with Gasteiger partial charge in [0.25, 0.3) is 0 Å². The monoisotopic (exact) mass is 424 g/mol. The predicted molar refractivity (Wildman–Crippen MR) is 112 cm³/mol. The van der Waals surface area contributed by atoms with E-state index < -0.39 is 16.1 Å². The fourth-order valence-electron chi connectivity index (χ4n) is 2.99. The Kier molecular flexibility index (Phi) is 7.32. The van der Waals surface area contributed by atoms with Gasteiger partial charge < -0.3 is 9.64 Å². The zero-order chi connectivity index (χ0) is 20.9. The van der Waals surface area contributed by atoms with Gasteiger partial charge in [0.1, 0.15) is 11.8 Å². The number of anilines is 1. The first-order valence-electron chi connectivity index (χ1n) is 8.80. The second-order valence-electron chi connectivity index (χ2n) is 6.51. The second kappa shape index (κ2) is 9.30. The van der Waals surface area contributed by atoms with Crippen LogP contribution < -0.4 is 9.04 Å². The minimum atomic E-state index is -3.70. The molecule has 0 spiro atoms. The van der Waals surface area contributed by atoms with Crippen molar-refractivity contribution in [2.45, 2.75) is 25.9 Å². The topological polar surface area (TPSA) is 66.9 Å². The van der Waals surface area contributed by atoms with Gasteiger partial charge in [0.15, 0.2) is 0 Å². The van der Waals surface area contributed by atoms with E-state index in [9.17, 15) is 13.2 Å². The first-order chi connectivity index (χ1) is 13.2. The van der Waals surface area contributed by atoms with Gasteiger partial charge in [-0.05, 0) is 42.3 Å². The highest BCUT2D eigenvalue weighted by Crippen LogP contribution is 2.26. The summed E-state index contributed by atoms with van der Waals surface area (Å²) < 4.78 is 31.3.